The molecule has 2 aromatic heterocycles. The van der Waals surface area contributed by atoms with Crippen LogP contribution in [-0.4, -0.2) is 21.1 Å². The van der Waals surface area contributed by atoms with Crippen molar-refractivity contribution < 1.29 is 17.6 Å². The topological polar surface area (TPSA) is 54.5 Å². The van der Waals surface area contributed by atoms with Crippen molar-refractivity contribution >= 4 is 11.6 Å². The summed E-state index contributed by atoms with van der Waals surface area (Å²) in [6.45, 7) is 4.57. The van der Waals surface area contributed by atoms with E-state index in [4.69, 9.17) is 4.42 Å². The predicted molar refractivity (Wildman–Crippen MR) is 105 cm³/mol. The van der Waals surface area contributed by atoms with E-state index in [2.05, 4.69) is 4.98 Å². The molecule has 0 saturated heterocycles. The molecule has 0 spiro atoms. The number of nitrogens with zero attached hydrogens (tertiary/aromatic N) is 4. The van der Waals surface area contributed by atoms with Gasteiger partial charge in [-0.3, -0.25) is 19.2 Å². The maximum Gasteiger partial charge on any atom is 0.416 e. The Balaban J connectivity index is 1.82. The summed E-state index contributed by atoms with van der Waals surface area (Å²) in [4.78, 5) is 21.2. The second kappa shape index (κ2) is 7.64. The first kappa shape index (κ1) is 20.2. The average molecular weight is 418 g/mol. The SMILES string of the molecule is CCc1c(C)nc2n(c1=O)CN(Cc1ccco1)CN2c1cccc(C(F)(F)F)c1. The first-order valence-corrected chi connectivity index (χ1v) is 9.57. The molecule has 1 aliphatic rings. The Bertz CT molecular complexity index is 1110. The van der Waals surface area contributed by atoms with E-state index in [0.29, 0.717) is 41.6 Å². The molecule has 0 amide bonds. The van der Waals surface area contributed by atoms with Gasteiger partial charge in [-0.2, -0.15) is 13.2 Å². The predicted octanol–water partition coefficient (Wildman–Crippen LogP) is 4.29. The fourth-order valence-corrected chi connectivity index (χ4v) is 3.71. The number of hydrogen-bond acceptors (Lipinski definition) is 5. The first-order valence-electron chi connectivity index (χ1n) is 9.57. The molecule has 0 fully saturated rings. The highest BCUT2D eigenvalue weighted by atomic mass is 19.4. The van der Waals surface area contributed by atoms with Crippen molar-refractivity contribution in [3.05, 3.63) is 75.6 Å². The van der Waals surface area contributed by atoms with Crippen molar-refractivity contribution in [2.75, 3.05) is 11.6 Å². The summed E-state index contributed by atoms with van der Waals surface area (Å²) in [5.74, 6) is 1.04. The molecule has 30 heavy (non-hydrogen) atoms. The summed E-state index contributed by atoms with van der Waals surface area (Å²) in [6.07, 6.45) is -2.38. The average Bonchev–Trinajstić information content (AvgIpc) is 3.21. The van der Waals surface area contributed by atoms with Crippen LogP contribution in [0.25, 0.3) is 0 Å². The van der Waals surface area contributed by atoms with E-state index >= 15 is 0 Å². The summed E-state index contributed by atoms with van der Waals surface area (Å²) in [5, 5.41) is 0. The van der Waals surface area contributed by atoms with E-state index in [0.717, 1.165) is 12.1 Å². The van der Waals surface area contributed by atoms with Gasteiger partial charge < -0.3 is 4.42 Å². The molecule has 1 aliphatic heterocycles. The molecule has 0 atom stereocenters. The van der Waals surface area contributed by atoms with Crippen LogP contribution in [-0.2, 0) is 25.8 Å². The van der Waals surface area contributed by atoms with E-state index in [9.17, 15) is 18.0 Å². The Labute approximate surface area is 171 Å². The normalized spacial score (nSPS) is 14.8. The van der Waals surface area contributed by atoms with Crippen molar-refractivity contribution in [2.45, 2.75) is 39.7 Å². The number of benzene rings is 1. The molecule has 9 heteroatoms. The third kappa shape index (κ3) is 3.72. The van der Waals surface area contributed by atoms with E-state index in [1.165, 1.54) is 10.6 Å². The number of aryl methyl sites for hydroxylation is 1. The Morgan fingerprint density at radius 2 is 1.97 bits per heavy atom. The fraction of sp³-hybridized carbons (Fsp3) is 0.333. The van der Waals surface area contributed by atoms with Crippen LogP contribution in [0.15, 0.2) is 51.9 Å². The van der Waals surface area contributed by atoms with Gasteiger partial charge in [-0.25, -0.2) is 4.98 Å². The van der Waals surface area contributed by atoms with Gasteiger partial charge in [-0.1, -0.05) is 13.0 Å². The molecule has 0 unspecified atom stereocenters. The van der Waals surface area contributed by atoms with Gasteiger partial charge in [-0.15, -0.1) is 0 Å². The second-order valence-corrected chi connectivity index (χ2v) is 7.23. The minimum atomic E-state index is -4.46. The standard InChI is InChI=1S/C21H21F3N4O2/c1-3-18-14(2)25-20-27(16-7-4-6-15(10-16)21(22,23)24)12-26(13-28(20)19(18)29)11-17-8-5-9-30-17/h4-10H,3,11-13H2,1-2H3. The Morgan fingerprint density at radius 3 is 2.63 bits per heavy atom. The molecule has 0 saturated carbocycles. The van der Waals surface area contributed by atoms with Gasteiger partial charge in [0, 0.05) is 16.9 Å². The Kier molecular flexibility index (Phi) is 5.15. The number of aromatic nitrogens is 2. The van der Waals surface area contributed by atoms with E-state index in [-0.39, 0.29) is 18.9 Å². The van der Waals surface area contributed by atoms with Crippen LogP contribution < -0.4 is 10.5 Å². The molecule has 3 aromatic rings. The summed E-state index contributed by atoms with van der Waals surface area (Å²) >= 11 is 0. The van der Waals surface area contributed by atoms with Crippen LogP contribution in [0.3, 0.4) is 0 Å². The van der Waals surface area contributed by atoms with Gasteiger partial charge in [0.25, 0.3) is 5.56 Å². The quantitative estimate of drug-likeness (QED) is 0.633. The van der Waals surface area contributed by atoms with Crippen molar-refractivity contribution in [2.24, 2.45) is 0 Å². The monoisotopic (exact) mass is 418 g/mol. The molecule has 0 N–H and O–H groups in total. The smallest absolute Gasteiger partial charge is 0.416 e. The molecule has 3 heterocycles. The molecular weight excluding hydrogens is 397 g/mol. The first-order chi connectivity index (χ1) is 14.3. The molecule has 6 nitrogen and oxygen atoms in total. The lowest BCUT2D eigenvalue weighted by molar-refractivity contribution is -0.137. The van der Waals surface area contributed by atoms with Crippen molar-refractivity contribution in [3.63, 3.8) is 0 Å². The zero-order valence-corrected chi connectivity index (χ0v) is 16.6. The highest BCUT2D eigenvalue weighted by molar-refractivity contribution is 5.59. The molecule has 0 bridgehead atoms. The highest BCUT2D eigenvalue weighted by Crippen LogP contribution is 2.34. The summed E-state index contributed by atoms with van der Waals surface area (Å²) in [5.41, 5.74) is 0.575. The number of hydrogen-bond donors (Lipinski definition) is 0. The highest BCUT2D eigenvalue weighted by Gasteiger charge is 2.33. The van der Waals surface area contributed by atoms with E-state index in [1.54, 1.807) is 30.2 Å². The number of alkyl halides is 3. The van der Waals surface area contributed by atoms with Crippen LogP contribution in [0.5, 0.6) is 0 Å². The largest absolute Gasteiger partial charge is 0.468 e. The van der Waals surface area contributed by atoms with E-state index < -0.39 is 11.7 Å². The number of anilines is 2. The zero-order chi connectivity index (χ0) is 21.5. The van der Waals surface area contributed by atoms with Crippen LogP contribution >= 0.6 is 0 Å². The van der Waals surface area contributed by atoms with E-state index in [1.807, 2.05) is 17.9 Å². The number of rotatable bonds is 4. The van der Waals surface area contributed by atoms with Gasteiger partial charge >= 0.3 is 6.18 Å². The lowest BCUT2D eigenvalue weighted by Crippen LogP contribution is -2.47. The molecule has 0 aliphatic carbocycles. The van der Waals surface area contributed by atoms with Crippen LogP contribution in [0.1, 0.15) is 29.5 Å². The maximum atomic E-state index is 13.3. The van der Waals surface area contributed by atoms with Crippen LogP contribution in [0, 0.1) is 6.92 Å². The third-order valence-electron chi connectivity index (χ3n) is 5.17. The van der Waals surface area contributed by atoms with Gasteiger partial charge in [0.15, 0.2) is 0 Å². The summed E-state index contributed by atoms with van der Waals surface area (Å²) in [6, 6.07) is 8.64. The third-order valence-corrected chi connectivity index (χ3v) is 5.17. The minimum Gasteiger partial charge on any atom is -0.468 e. The number of fused-ring (bicyclic) bond motifs is 1. The molecule has 0 radical (unpaired) electrons. The molecule has 1 aromatic carbocycles. The van der Waals surface area contributed by atoms with Crippen molar-refractivity contribution in [3.8, 4) is 0 Å². The second-order valence-electron chi connectivity index (χ2n) is 7.23. The van der Waals surface area contributed by atoms with Crippen LogP contribution in [0.4, 0.5) is 24.8 Å². The van der Waals surface area contributed by atoms with Crippen LogP contribution in [0.2, 0.25) is 0 Å². The lowest BCUT2D eigenvalue weighted by Gasteiger charge is -2.38. The molecular formula is C21H21F3N4O2. The Hall–Kier alpha value is -3.07. The van der Waals surface area contributed by atoms with Gasteiger partial charge in [0.1, 0.15) is 5.76 Å². The van der Waals surface area contributed by atoms with Gasteiger partial charge in [0.2, 0.25) is 5.95 Å². The zero-order valence-electron chi connectivity index (χ0n) is 16.6. The lowest BCUT2D eigenvalue weighted by atomic mass is 10.1. The van der Waals surface area contributed by atoms with Gasteiger partial charge in [0.05, 0.1) is 31.7 Å². The van der Waals surface area contributed by atoms with Crippen molar-refractivity contribution in [1.82, 2.24) is 14.5 Å². The minimum absolute atomic E-state index is 0.180. The maximum absolute atomic E-state index is 13.3. The molecule has 158 valence electrons. The number of halogens is 3. The van der Waals surface area contributed by atoms with Gasteiger partial charge in [-0.05, 0) is 43.7 Å². The summed E-state index contributed by atoms with van der Waals surface area (Å²) < 4.78 is 46.7. The fourth-order valence-electron chi connectivity index (χ4n) is 3.71. The Morgan fingerprint density at radius 1 is 1.17 bits per heavy atom. The van der Waals surface area contributed by atoms with Crippen molar-refractivity contribution in [1.29, 1.82) is 0 Å². The summed E-state index contributed by atoms with van der Waals surface area (Å²) in [7, 11) is 0. The number of furan rings is 1. The molecule has 4 rings (SSSR count).